The van der Waals surface area contributed by atoms with Crippen LogP contribution < -0.4 is 4.74 Å². The third kappa shape index (κ3) is 4.80. The summed E-state index contributed by atoms with van der Waals surface area (Å²) in [5.74, 6) is 0.731. The van der Waals surface area contributed by atoms with Gasteiger partial charge < -0.3 is 9.64 Å². The molecule has 0 radical (unpaired) electrons. The Morgan fingerprint density at radius 3 is 2.79 bits per heavy atom. The van der Waals surface area contributed by atoms with E-state index in [2.05, 4.69) is 27.0 Å². The zero-order valence-electron chi connectivity index (χ0n) is 13.6. The molecule has 0 N–H and O–H groups in total. The molecule has 5 nitrogen and oxygen atoms in total. The van der Waals surface area contributed by atoms with Crippen LogP contribution >= 0.6 is 15.9 Å². The Morgan fingerprint density at radius 2 is 2.21 bits per heavy atom. The normalized spacial score (nSPS) is 11.4. The van der Waals surface area contributed by atoms with E-state index in [9.17, 15) is 4.79 Å². The smallest absolute Gasteiger partial charge is 0.255 e. The minimum atomic E-state index is -0.207. The Hall–Kier alpha value is -2.39. The van der Waals surface area contributed by atoms with Gasteiger partial charge in [-0.05, 0) is 38.1 Å². The van der Waals surface area contributed by atoms with Crippen LogP contribution in [0.1, 0.15) is 24.2 Å². The van der Waals surface area contributed by atoms with E-state index in [0.29, 0.717) is 30.3 Å². The van der Waals surface area contributed by atoms with E-state index in [4.69, 9.17) is 10.00 Å². The zero-order valence-corrected chi connectivity index (χ0v) is 15.2. The molecule has 0 aliphatic carbocycles. The molecule has 0 bridgehead atoms. The molecule has 6 heteroatoms. The molecule has 1 unspecified atom stereocenters. The molecular formula is C18H18BrN3O2. The van der Waals surface area contributed by atoms with Gasteiger partial charge in [0.1, 0.15) is 5.75 Å². The highest BCUT2D eigenvalue weighted by molar-refractivity contribution is 9.10. The van der Waals surface area contributed by atoms with Crippen LogP contribution in [0.4, 0.5) is 0 Å². The van der Waals surface area contributed by atoms with Crippen molar-refractivity contribution < 1.29 is 9.53 Å². The van der Waals surface area contributed by atoms with Crippen molar-refractivity contribution in [3.63, 3.8) is 0 Å². The summed E-state index contributed by atoms with van der Waals surface area (Å²) in [6.07, 6.45) is 1.50. The van der Waals surface area contributed by atoms with E-state index in [1.54, 1.807) is 24.0 Å². The van der Waals surface area contributed by atoms with Crippen LogP contribution in [0, 0.1) is 17.2 Å². The average molecular weight is 388 g/mol. The Morgan fingerprint density at radius 1 is 1.42 bits per heavy atom. The van der Waals surface area contributed by atoms with Crippen LogP contribution in [0.2, 0.25) is 0 Å². The minimum absolute atomic E-state index is 0.138. The molecular weight excluding hydrogens is 370 g/mol. The van der Waals surface area contributed by atoms with Gasteiger partial charge in [0.25, 0.3) is 5.91 Å². The van der Waals surface area contributed by atoms with Crippen LogP contribution in [0.25, 0.3) is 0 Å². The van der Waals surface area contributed by atoms with Gasteiger partial charge in [0.15, 0.2) is 0 Å². The first-order chi connectivity index (χ1) is 11.5. The van der Waals surface area contributed by atoms with Gasteiger partial charge in [-0.25, -0.2) is 4.98 Å². The van der Waals surface area contributed by atoms with E-state index < -0.39 is 0 Å². The second-order valence-corrected chi connectivity index (χ2v) is 6.23. The number of rotatable bonds is 6. The maximum atomic E-state index is 12.5. The Labute approximate surface area is 150 Å². The summed E-state index contributed by atoms with van der Waals surface area (Å²) in [4.78, 5) is 18.3. The number of carbonyl (C=O) groups excluding carboxylic acids is 1. The van der Waals surface area contributed by atoms with Crippen LogP contribution in [0.5, 0.6) is 11.6 Å². The maximum absolute atomic E-state index is 12.5. The molecule has 1 heterocycles. The van der Waals surface area contributed by atoms with Gasteiger partial charge in [-0.1, -0.05) is 22.0 Å². The van der Waals surface area contributed by atoms with Crippen molar-refractivity contribution in [3.8, 4) is 17.7 Å². The fourth-order valence-corrected chi connectivity index (χ4v) is 2.51. The second kappa shape index (κ2) is 8.46. The molecule has 1 atom stereocenters. The van der Waals surface area contributed by atoms with Gasteiger partial charge in [-0.2, -0.15) is 5.26 Å². The summed E-state index contributed by atoms with van der Waals surface area (Å²) in [6, 6.07) is 12.9. The highest BCUT2D eigenvalue weighted by atomic mass is 79.9. The van der Waals surface area contributed by atoms with E-state index in [-0.39, 0.29) is 11.8 Å². The number of aromatic nitrogens is 1. The summed E-state index contributed by atoms with van der Waals surface area (Å²) >= 11 is 3.38. The van der Waals surface area contributed by atoms with Crippen LogP contribution in [-0.4, -0.2) is 28.9 Å². The quantitative estimate of drug-likeness (QED) is 0.742. The van der Waals surface area contributed by atoms with Gasteiger partial charge in [0.2, 0.25) is 5.88 Å². The largest absolute Gasteiger partial charge is 0.439 e. The van der Waals surface area contributed by atoms with Crippen molar-refractivity contribution in [1.29, 1.82) is 5.26 Å². The van der Waals surface area contributed by atoms with E-state index >= 15 is 0 Å². The fourth-order valence-electron chi connectivity index (χ4n) is 2.13. The zero-order chi connectivity index (χ0) is 17.5. The van der Waals surface area contributed by atoms with Gasteiger partial charge in [-0.15, -0.1) is 0 Å². The van der Waals surface area contributed by atoms with Crippen molar-refractivity contribution in [2.45, 2.75) is 13.8 Å². The van der Waals surface area contributed by atoms with Crippen LogP contribution in [0.15, 0.2) is 47.1 Å². The number of amides is 1. The molecule has 2 rings (SSSR count). The lowest BCUT2D eigenvalue weighted by molar-refractivity contribution is 0.0752. The van der Waals surface area contributed by atoms with Crippen molar-refractivity contribution in [2.24, 2.45) is 5.92 Å². The number of hydrogen-bond donors (Lipinski definition) is 0. The SMILES string of the molecule is CCN(CC(C)C#N)C(=O)c1ccc(Oc2cccc(Br)c2)nc1. The molecule has 1 aromatic heterocycles. The molecule has 0 saturated heterocycles. The summed E-state index contributed by atoms with van der Waals surface area (Å²) in [7, 11) is 0. The van der Waals surface area contributed by atoms with E-state index in [1.807, 2.05) is 31.2 Å². The lowest BCUT2D eigenvalue weighted by atomic mass is 10.1. The molecule has 0 spiro atoms. The minimum Gasteiger partial charge on any atom is -0.439 e. The van der Waals surface area contributed by atoms with E-state index in [1.165, 1.54) is 6.20 Å². The average Bonchev–Trinajstić information content (AvgIpc) is 2.59. The van der Waals surface area contributed by atoms with Gasteiger partial charge in [0.05, 0.1) is 17.6 Å². The maximum Gasteiger partial charge on any atom is 0.255 e. The number of nitriles is 1. The number of nitrogens with zero attached hydrogens (tertiary/aromatic N) is 3. The molecule has 0 fully saturated rings. The molecule has 0 saturated carbocycles. The summed E-state index contributed by atoms with van der Waals surface area (Å²) < 4.78 is 6.57. The molecule has 1 aromatic carbocycles. The highest BCUT2D eigenvalue weighted by Crippen LogP contribution is 2.23. The lowest BCUT2D eigenvalue weighted by Gasteiger charge is -2.21. The number of hydrogen-bond acceptors (Lipinski definition) is 4. The lowest BCUT2D eigenvalue weighted by Crippen LogP contribution is -2.34. The molecule has 0 aliphatic rings. The first-order valence-electron chi connectivity index (χ1n) is 7.61. The monoisotopic (exact) mass is 387 g/mol. The summed E-state index contributed by atoms with van der Waals surface area (Å²) in [5, 5.41) is 8.91. The highest BCUT2D eigenvalue weighted by Gasteiger charge is 2.17. The predicted octanol–water partition coefficient (Wildman–Crippen LogP) is 4.26. The summed E-state index contributed by atoms with van der Waals surface area (Å²) in [6.45, 7) is 4.63. The third-order valence-electron chi connectivity index (χ3n) is 3.39. The van der Waals surface area contributed by atoms with Crippen molar-refractivity contribution >= 4 is 21.8 Å². The molecule has 24 heavy (non-hydrogen) atoms. The number of halogens is 1. The predicted molar refractivity (Wildman–Crippen MR) is 94.8 cm³/mol. The Kier molecular flexibility index (Phi) is 6.33. The first-order valence-corrected chi connectivity index (χ1v) is 8.41. The second-order valence-electron chi connectivity index (χ2n) is 5.32. The van der Waals surface area contributed by atoms with Gasteiger partial charge >= 0.3 is 0 Å². The van der Waals surface area contributed by atoms with Gasteiger partial charge in [0, 0.05) is 29.8 Å². The van der Waals surface area contributed by atoms with E-state index in [0.717, 1.165) is 4.47 Å². The number of carbonyl (C=O) groups is 1. The first kappa shape index (κ1) is 18.0. The number of pyridine rings is 1. The fraction of sp³-hybridized carbons (Fsp3) is 0.278. The van der Waals surface area contributed by atoms with Crippen LogP contribution in [0.3, 0.4) is 0 Å². The number of benzene rings is 1. The molecule has 124 valence electrons. The topological polar surface area (TPSA) is 66.2 Å². The summed E-state index contributed by atoms with van der Waals surface area (Å²) in [5.41, 5.74) is 0.476. The van der Waals surface area contributed by atoms with Crippen molar-refractivity contribution in [2.75, 3.05) is 13.1 Å². The molecule has 0 aliphatic heterocycles. The Balaban J connectivity index is 2.08. The molecule has 2 aromatic rings. The molecule has 1 amide bonds. The standard InChI is InChI=1S/C18H18BrN3O2/c1-3-22(12-13(2)10-20)18(23)14-7-8-17(21-11-14)24-16-6-4-5-15(19)9-16/h4-9,11,13H,3,12H2,1-2H3. The van der Waals surface area contributed by atoms with Crippen LogP contribution in [-0.2, 0) is 0 Å². The number of ether oxygens (including phenoxy) is 1. The van der Waals surface area contributed by atoms with Gasteiger partial charge in [-0.3, -0.25) is 4.79 Å². The Bertz CT molecular complexity index is 741. The van der Waals surface area contributed by atoms with Crippen molar-refractivity contribution in [3.05, 3.63) is 52.6 Å². The van der Waals surface area contributed by atoms with Crippen molar-refractivity contribution in [1.82, 2.24) is 9.88 Å². The third-order valence-corrected chi connectivity index (χ3v) is 3.88.